The summed E-state index contributed by atoms with van der Waals surface area (Å²) in [6.07, 6.45) is 7.61. The van der Waals surface area contributed by atoms with Crippen LogP contribution in [0.1, 0.15) is 41.0 Å². The van der Waals surface area contributed by atoms with Gasteiger partial charge < -0.3 is 14.6 Å². The summed E-state index contributed by atoms with van der Waals surface area (Å²) in [6.45, 7) is 8.21. The van der Waals surface area contributed by atoms with E-state index in [4.69, 9.17) is 4.74 Å². The van der Waals surface area contributed by atoms with E-state index < -0.39 is 12.3 Å². The second-order valence-electron chi connectivity index (χ2n) is 10.1. The molecule has 0 spiro atoms. The zero-order chi connectivity index (χ0) is 25.5. The molecule has 1 aliphatic rings. The molecule has 0 saturated carbocycles. The van der Waals surface area contributed by atoms with Crippen molar-refractivity contribution in [2.24, 2.45) is 5.92 Å². The number of hydrogen-bond donors (Lipinski definition) is 1. The van der Waals surface area contributed by atoms with Gasteiger partial charge in [0.1, 0.15) is 18.0 Å². The first-order chi connectivity index (χ1) is 17.5. The third-order valence-electron chi connectivity index (χ3n) is 7.12. The average molecular weight is 497 g/mol. The third kappa shape index (κ3) is 6.31. The number of piperidine rings is 1. The lowest BCUT2D eigenvalue weighted by Crippen LogP contribution is -2.48. The lowest BCUT2D eigenvalue weighted by Gasteiger charge is -2.36. The monoisotopic (exact) mass is 496 g/mol. The van der Waals surface area contributed by atoms with Gasteiger partial charge in [-0.1, -0.05) is 32.4 Å². The maximum absolute atomic E-state index is 15.0. The summed E-state index contributed by atoms with van der Waals surface area (Å²) in [6, 6.07) is 9.68. The highest BCUT2D eigenvalue weighted by Gasteiger charge is 2.31. The van der Waals surface area contributed by atoms with Gasteiger partial charge in [0.05, 0.1) is 5.39 Å². The fraction of sp³-hybridized carbons (Fsp3) is 0.517. The van der Waals surface area contributed by atoms with Gasteiger partial charge in [0, 0.05) is 51.8 Å². The molecule has 0 bridgehead atoms. The van der Waals surface area contributed by atoms with Crippen LogP contribution in [-0.4, -0.2) is 60.0 Å². The topological polar surface area (TPSA) is 59.4 Å². The molecule has 4 rings (SSSR count). The van der Waals surface area contributed by atoms with Crippen molar-refractivity contribution in [2.45, 2.75) is 58.4 Å². The van der Waals surface area contributed by atoms with Gasteiger partial charge in [-0.3, -0.25) is 14.7 Å². The minimum absolute atomic E-state index is 0. The first-order valence-electron chi connectivity index (χ1n) is 13.3. The summed E-state index contributed by atoms with van der Waals surface area (Å²) >= 11 is 0. The van der Waals surface area contributed by atoms with Crippen molar-refractivity contribution in [1.29, 1.82) is 0 Å². The van der Waals surface area contributed by atoms with Crippen LogP contribution in [0.25, 0.3) is 21.9 Å². The fourth-order valence-electron chi connectivity index (χ4n) is 5.02. The van der Waals surface area contributed by atoms with Crippen molar-refractivity contribution in [3.8, 4) is 16.9 Å². The molecular formula is C29H41FN4O2. The Kier molecular flexibility index (Phi) is 9.10. The highest BCUT2D eigenvalue weighted by Crippen LogP contribution is 2.29. The van der Waals surface area contributed by atoms with Crippen LogP contribution in [0.5, 0.6) is 5.75 Å². The number of nitrogens with zero attached hydrogens (tertiary/aromatic N) is 3. The van der Waals surface area contributed by atoms with E-state index in [0.717, 1.165) is 55.4 Å². The van der Waals surface area contributed by atoms with Crippen LogP contribution in [0.4, 0.5) is 4.39 Å². The van der Waals surface area contributed by atoms with E-state index in [-0.39, 0.29) is 6.99 Å². The number of aromatic nitrogens is 2. The molecule has 0 radical (unpaired) electrons. The summed E-state index contributed by atoms with van der Waals surface area (Å²) < 4.78 is 22.8. The minimum atomic E-state index is -1.01. The molecule has 1 fully saturated rings. The fourth-order valence-corrected chi connectivity index (χ4v) is 5.02. The molecule has 196 valence electrons. The number of aryl methyl sites for hydroxylation is 1. The SMILES string of the molecule is CCCCn1cc(-c2ccc(O[C@H]3CCN(CC(C)CCNC)C[C@@H]3F)cc2)c2ccncc2c1=O.[HH]. The number of benzene rings is 1. The minimum Gasteiger partial charge on any atom is -0.487 e. The Hall–Kier alpha value is -2.77. The Morgan fingerprint density at radius 2 is 2.06 bits per heavy atom. The lowest BCUT2D eigenvalue weighted by molar-refractivity contribution is 0.0171. The number of hydrogen-bond acceptors (Lipinski definition) is 5. The van der Waals surface area contributed by atoms with Crippen molar-refractivity contribution >= 4 is 10.8 Å². The van der Waals surface area contributed by atoms with Crippen LogP contribution < -0.4 is 15.6 Å². The highest BCUT2D eigenvalue weighted by molar-refractivity contribution is 5.95. The average Bonchev–Trinajstić information content (AvgIpc) is 2.89. The van der Waals surface area contributed by atoms with Gasteiger partial charge in [0.25, 0.3) is 5.56 Å². The third-order valence-corrected chi connectivity index (χ3v) is 7.12. The molecule has 2 aromatic heterocycles. The van der Waals surface area contributed by atoms with E-state index in [2.05, 4.69) is 29.0 Å². The summed E-state index contributed by atoms with van der Waals surface area (Å²) in [4.78, 5) is 19.3. The number of likely N-dealkylation sites (tertiary alicyclic amines) is 1. The molecule has 6 nitrogen and oxygen atoms in total. The molecule has 36 heavy (non-hydrogen) atoms. The van der Waals surface area contributed by atoms with Gasteiger partial charge in [-0.05, 0) is 67.9 Å². The van der Waals surface area contributed by atoms with Crippen molar-refractivity contribution in [2.75, 3.05) is 33.2 Å². The molecule has 1 aromatic carbocycles. The van der Waals surface area contributed by atoms with Gasteiger partial charge in [0.2, 0.25) is 0 Å². The molecule has 1 aliphatic heterocycles. The molecule has 1 saturated heterocycles. The van der Waals surface area contributed by atoms with Crippen LogP contribution in [-0.2, 0) is 6.54 Å². The van der Waals surface area contributed by atoms with E-state index in [1.807, 2.05) is 43.6 Å². The summed E-state index contributed by atoms with van der Waals surface area (Å²) in [5.41, 5.74) is 1.97. The van der Waals surface area contributed by atoms with E-state index >= 15 is 0 Å². The zero-order valence-corrected chi connectivity index (χ0v) is 21.8. The molecule has 1 unspecified atom stereocenters. The molecule has 1 N–H and O–H groups in total. The van der Waals surface area contributed by atoms with Crippen molar-refractivity contribution in [3.05, 3.63) is 59.3 Å². The number of rotatable bonds is 11. The molecule has 3 aromatic rings. The second kappa shape index (κ2) is 12.5. The van der Waals surface area contributed by atoms with Crippen molar-refractivity contribution < 1.29 is 10.6 Å². The maximum atomic E-state index is 15.0. The van der Waals surface area contributed by atoms with Crippen LogP contribution in [0, 0.1) is 5.92 Å². The lowest BCUT2D eigenvalue weighted by atomic mass is 10.0. The van der Waals surface area contributed by atoms with E-state index in [9.17, 15) is 9.18 Å². The number of ether oxygens (including phenoxy) is 1. The molecule has 3 atom stereocenters. The largest absolute Gasteiger partial charge is 0.487 e. The first kappa shape index (κ1) is 26.3. The number of nitrogens with one attached hydrogen (secondary N) is 1. The zero-order valence-electron chi connectivity index (χ0n) is 21.8. The van der Waals surface area contributed by atoms with Gasteiger partial charge in [-0.2, -0.15) is 0 Å². The molecular weight excluding hydrogens is 455 g/mol. The standard InChI is InChI=1S/C29H39FN4O2.H2/c1-4-5-15-34-19-26(24-11-14-32-17-25(24)29(34)35)22-6-8-23(9-7-22)36-28-12-16-33(20-27(28)30)18-21(2)10-13-31-3;/h6-9,11,14,17,19,21,27-28,31H,4-5,10,12-13,15-16,18,20H2,1-3H3;1H/t21?,27-,28-;/m0./s1. The predicted molar refractivity (Wildman–Crippen MR) is 147 cm³/mol. The van der Waals surface area contributed by atoms with Crippen LogP contribution in [0.15, 0.2) is 53.7 Å². The molecule has 7 heteroatoms. The number of alkyl halides is 1. The normalized spacial score (nSPS) is 19.4. The number of unbranched alkanes of at least 4 members (excludes halogenated alkanes) is 1. The molecule has 0 aliphatic carbocycles. The van der Waals surface area contributed by atoms with Gasteiger partial charge >= 0.3 is 0 Å². The predicted octanol–water partition coefficient (Wildman–Crippen LogP) is 5.15. The van der Waals surface area contributed by atoms with E-state index in [0.29, 0.717) is 36.6 Å². The Labute approximate surface area is 215 Å². The Morgan fingerprint density at radius 3 is 2.78 bits per heavy atom. The number of pyridine rings is 2. The quantitative estimate of drug-likeness (QED) is 0.398. The van der Waals surface area contributed by atoms with E-state index in [1.165, 1.54) is 0 Å². The maximum Gasteiger partial charge on any atom is 0.260 e. The Morgan fingerprint density at radius 1 is 1.25 bits per heavy atom. The van der Waals surface area contributed by atoms with Crippen LogP contribution in [0.3, 0.4) is 0 Å². The molecule has 3 heterocycles. The Bertz CT molecular complexity index is 1190. The highest BCUT2D eigenvalue weighted by atomic mass is 19.1. The van der Waals surface area contributed by atoms with Crippen LogP contribution in [0.2, 0.25) is 0 Å². The van der Waals surface area contributed by atoms with Crippen molar-refractivity contribution in [1.82, 2.24) is 19.8 Å². The van der Waals surface area contributed by atoms with Gasteiger partial charge in [0.15, 0.2) is 0 Å². The van der Waals surface area contributed by atoms with E-state index in [1.54, 1.807) is 17.0 Å². The summed E-state index contributed by atoms with van der Waals surface area (Å²) in [5.74, 6) is 1.21. The van der Waals surface area contributed by atoms with Gasteiger partial charge in [-0.25, -0.2) is 4.39 Å². The number of fused-ring (bicyclic) bond motifs is 1. The van der Waals surface area contributed by atoms with Crippen LogP contribution >= 0.6 is 0 Å². The smallest absolute Gasteiger partial charge is 0.260 e. The van der Waals surface area contributed by atoms with Crippen molar-refractivity contribution in [3.63, 3.8) is 0 Å². The first-order valence-corrected chi connectivity index (χ1v) is 13.3. The van der Waals surface area contributed by atoms with Gasteiger partial charge in [-0.15, -0.1) is 0 Å². The molecule has 0 amide bonds. The number of halogens is 1. The Balaban J connectivity index is 0.00000380. The second-order valence-corrected chi connectivity index (χ2v) is 10.1. The summed E-state index contributed by atoms with van der Waals surface area (Å²) in [5, 5.41) is 4.69. The summed E-state index contributed by atoms with van der Waals surface area (Å²) in [7, 11) is 1.96.